The van der Waals surface area contributed by atoms with E-state index in [-0.39, 0.29) is 28.0 Å². The highest BCUT2D eigenvalue weighted by Crippen LogP contribution is 2.20. The third kappa shape index (κ3) is 4.04. The highest BCUT2D eigenvalue weighted by Gasteiger charge is 2.20. The lowest BCUT2D eigenvalue weighted by Crippen LogP contribution is -2.12. The minimum Gasteiger partial charge on any atom is -0.364 e. The van der Waals surface area contributed by atoms with Gasteiger partial charge in [0.1, 0.15) is 0 Å². The van der Waals surface area contributed by atoms with Crippen molar-refractivity contribution >= 4 is 46.4 Å². The number of halogens is 3. The summed E-state index contributed by atoms with van der Waals surface area (Å²) in [6.45, 7) is 1.78. The van der Waals surface area contributed by atoms with Crippen molar-refractivity contribution in [2.45, 2.75) is 13.5 Å². The van der Waals surface area contributed by atoms with Crippen molar-refractivity contribution in [2.24, 2.45) is 0 Å². The second-order valence-electron chi connectivity index (χ2n) is 4.91. The monoisotopic (exact) mass is 397 g/mol. The molecule has 128 valence electrons. The molecular weight excluding hydrogens is 389 g/mol. The fourth-order valence-corrected chi connectivity index (χ4v) is 2.50. The average Bonchev–Trinajstić information content (AvgIpc) is 2.97. The highest BCUT2D eigenvalue weighted by atomic mass is 35.5. The van der Waals surface area contributed by atoms with E-state index in [1.54, 1.807) is 12.1 Å². The quantitative estimate of drug-likeness (QED) is 0.659. The van der Waals surface area contributed by atoms with Gasteiger partial charge in [-0.15, -0.1) is 5.10 Å². The molecule has 0 saturated carbocycles. The highest BCUT2D eigenvalue weighted by molar-refractivity contribution is 6.31. The van der Waals surface area contributed by atoms with Crippen LogP contribution >= 0.6 is 34.8 Å². The van der Waals surface area contributed by atoms with Crippen LogP contribution in [0.4, 0.5) is 5.82 Å². The van der Waals surface area contributed by atoms with Crippen molar-refractivity contribution in [2.75, 3.05) is 5.32 Å². The number of nitrogens with zero attached hydrogens (tertiary/aromatic N) is 6. The van der Waals surface area contributed by atoms with Crippen LogP contribution in [0.25, 0.3) is 5.95 Å². The van der Waals surface area contributed by atoms with Gasteiger partial charge in [-0.3, -0.25) is 4.79 Å². The molecule has 0 aliphatic rings. The Bertz CT molecular complexity index is 906. The lowest BCUT2D eigenvalue weighted by Gasteiger charge is -2.09. The predicted octanol–water partition coefficient (Wildman–Crippen LogP) is 3.23. The number of anilines is 1. The summed E-state index contributed by atoms with van der Waals surface area (Å²) >= 11 is 17.5. The molecule has 0 spiro atoms. The largest absolute Gasteiger partial charge is 0.364 e. The number of hydrogen-bond acceptors (Lipinski definition) is 7. The normalized spacial score (nSPS) is 10.7. The number of nitrogens with one attached hydrogen (secondary N) is 1. The first-order valence-electron chi connectivity index (χ1n) is 6.96. The SMILES string of the molecule is CC(=O)c1nnn(-c2nc(Cl)nc(Cl)n2)c1NCc1ccc(Cl)cc1. The van der Waals surface area contributed by atoms with Crippen molar-refractivity contribution < 1.29 is 4.79 Å². The number of ketones is 1. The molecule has 0 aliphatic heterocycles. The zero-order valence-corrected chi connectivity index (χ0v) is 15.0. The van der Waals surface area contributed by atoms with Gasteiger partial charge in [0.15, 0.2) is 17.3 Å². The third-order valence-electron chi connectivity index (χ3n) is 3.14. The molecule has 0 aliphatic carbocycles. The van der Waals surface area contributed by atoms with Crippen molar-refractivity contribution in [1.82, 2.24) is 29.9 Å². The van der Waals surface area contributed by atoms with Crippen LogP contribution in [0.3, 0.4) is 0 Å². The summed E-state index contributed by atoms with van der Waals surface area (Å²) in [5, 5.41) is 11.3. The molecule has 0 saturated heterocycles. The Hall–Kier alpha value is -2.29. The number of carbonyl (C=O) groups excluding carboxylic acids is 1. The van der Waals surface area contributed by atoms with Gasteiger partial charge in [0.25, 0.3) is 5.95 Å². The minimum absolute atomic E-state index is 0.0450. The van der Waals surface area contributed by atoms with E-state index in [9.17, 15) is 4.79 Å². The number of rotatable bonds is 5. The molecule has 3 aromatic rings. The molecule has 0 bridgehead atoms. The van der Waals surface area contributed by atoms with Crippen molar-refractivity contribution in [3.63, 3.8) is 0 Å². The molecule has 11 heteroatoms. The summed E-state index contributed by atoms with van der Waals surface area (Å²) < 4.78 is 1.24. The van der Waals surface area contributed by atoms with E-state index in [4.69, 9.17) is 34.8 Å². The fraction of sp³-hybridized carbons (Fsp3) is 0.143. The first-order chi connectivity index (χ1) is 11.9. The summed E-state index contributed by atoms with van der Waals surface area (Å²) in [4.78, 5) is 23.4. The van der Waals surface area contributed by atoms with Crippen LogP contribution in [0.2, 0.25) is 15.6 Å². The lowest BCUT2D eigenvalue weighted by atomic mass is 10.2. The minimum atomic E-state index is -0.267. The Kier molecular flexibility index (Phi) is 5.12. The Morgan fingerprint density at radius 1 is 1.08 bits per heavy atom. The first kappa shape index (κ1) is 17.5. The van der Waals surface area contributed by atoms with E-state index in [1.807, 2.05) is 12.1 Å². The Labute approximate surface area is 157 Å². The summed E-state index contributed by atoms with van der Waals surface area (Å²) in [7, 11) is 0. The fourth-order valence-electron chi connectivity index (χ4n) is 2.02. The molecule has 0 amide bonds. The Balaban J connectivity index is 1.97. The molecule has 0 unspecified atom stereocenters. The summed E-state index contributed by atoms with van der Waals surface area (Å²) in [5.74, 6) is 0.0977. The second-order valence-corrected chi connectivity index (χ2v) is 6.02. The maximum atomic E-state index is 11.8. The summed E-state index contributed by atoms with van der Waals surface area (Å²) in [5.41, 5.74) is 1.08. The van der Waals surface area contributed by atoms with Crippen LogP contribution in [0.15, 0.2) is 24.3 Å². The molecule has 3 rings (SSSR count). The summed E-state index contributed by atoms with van der Waals surface area (Å²) in [6, 6.07) is 7.25. The van der Waals surface area contributed by atoms with E-state index in [2.05, 4.69) is 30.6 Å². The number of benzene rings is 1. The van der Waals surface area contributed by atoms with Crippen LogP contribution in [-0.2, 0) is 6.54 Å². The van der Waals surface area contributed by atoms with Crippen molar-refractivity contribution in [3.8, 4) is 5.95 Å². The lowest BCUT2D eigenvalue weighted by molar-refractivity contribution is 0.101. The predicted molar refractivity (Wildman–Crippen MR) is 93.5 cm³/mol. The van der Waals surface area contributed by atoms with Crippen LogP contribution in [0.5, 0.6) is 0 Å². The molecule has 1 N–H and O–H groups in total. The molecule has 0 radical (unpaired) electrons. The Morgan fingerprint density at radius 3 is 2.32 bits per heavy atom. The molecule has 25 heavy (non-hydrogen) atoms. The van der Waals surface area contributed by atoms with Gasteiger partial charge < -0.3 is 5.32 Å². The van der Waals surface area contributed by atoms with Gasteiger partial charge in [0.2, 0.25) is 10.6 Å². The van der Waals surface area contributed by atoms with Gasteiger partial charge in [0, 0.05) is 18.5 Å². The Morgan fingerprint density at radius 2 is 1.72 bits per heavy atom. The smallest absolute Gasteiger partial charge is 0.259 e. The molecule has 0 fully saturated rings. The maximum absolute atomic E-state index is 11.8. The zero-order chi connectivity index (χ0) is 18.0. The van der Waals surface area contributed by atoms with E-state index in [1.165, 1.54) is 11.6 Å². The molecule has 1 aromatic carbocycles. The third-order valence-corrected chi connectivity index (χ3v) is 3.73. The molecular formula is C14H10Cl3N7O. The van der Waals surface area contributed by atoms with E-state index >= 15 is 0 Å². The van der Waals surface area contributed by atoms with Gasteiger partial charge >= 0.3 is 0 Å². The van der Waals surface area contributed by atoms with Gasteiger partial charge in [-0.1, -0.05) is 28.9 Å². The maximum Gasteiger partial charge on any atom is 0.259 e. The van der Waals surface area contributed by atoms with E-state index in [0.717, 1.165) is 5.56 Å². The number of hydrogen-bond donors (Lipinski definition) is 1. The molecule has 2 heterocycles. The summed E-state index contributed by atoms with van der Waals surface area (Å²) in [6.07, 6.45) is 0. The van der Waals surface area contributed by atoms with Crippen molar-refractivity contribution in [1.29, 1.82) is 0 Å². The molecule has 2 aromatic heterocycles. The second kappa shape index (κ2) is 7.30. The van der Waals surface area contributed by atoms with Crippen LogP contribution in [0, 0.1) is 0 Å². The van der Waals surface area contributed by atoms with Gasteiger partial charge in [-0.25, -0.2) is 0 Å². The van der Waals surface area contributed by atoms with E-state index in [0.29, 0.717) is 17.4 Å². The zero-order valence-electron chi connectivity index (χ0n) is 12.7. The van der Waals surface area contributed by atoms with Gasteiger partial charge in [-0.05, 0) is 40.9 Å². The molecule has 0 atom stereocenters. The van der Waals surface area contributed by atoms with E-state index < -0.39 is 0 Å². The average molecular weight is 399 g/mol. The van der Waals surface area contributed by atoms with Crippen molar-refractivity contribution in [3.05, 3.63) is 51.1 Å². The van der Waals surface area contributed by atoms with Crippen LogP contribution in [0.1, 0.15) is 23.0 Å². The number of carbonyl (C=O) groups is 1. The van der Waals surface area contributed by atoms with Gasteiger partial charge in [0.05, 0.1) is 0 Å². The van der Waals surface area contributed by atoms with Gasteiger partial charge in [-0.2, -0.15) is 19.6 Å². The standard InChI is InChI=1S/C14H10Cl3N7O/c1-7(25)10-11(18-6-8-2-4-9(15)5-3-8)24(23-22-10)14-20-12(16)19-13(17)21-14/h2-5,18H,6H2,1H3. The molecule has 8 nitrogen and oxygen atoms in total. The van der Waals surface area contributed by atoms with Crippen LogP contribution < -0.4 is 5.32 Å². The number of aromatic nitrogens is 6. The van der Waals surface area contributed by atoms with Crippen LogP contribution in [-0.4, -0.2) is 35.7 Å². The number of Topliss-reactive ketones (excluding diaryl/α,β-unsaturated/α-hetero) is 1. The topological polar surface area (TPSA) is 98.5 Å². The first-order valence-corrected chi connectivity index (χ1v) is 8.10.